The molecule has 0 aliphatic carbocycles. The third-order valence-corrected chi connectivity index (χ3v) is 4.36. The summed E-state index contributed by atoms with van der Waals surface area (Å²) in [7, 11) is 0. The van der Waals surface area contributed by atoms with E-state index in [1.54, 1.807) is 0 Å². The van der Waals surface area contributed by atoms with Crippen molar-refractivity contribution in [1.29, 1.82) is 0 Å². The van der Waals surface area contributed by atoms with E-state index in [4.69, 9.17) is 0 Å². The zero-order valence-corrected chi connectivity index (χ0v) is 15.5. The molecule has 1 aromatic heterocycles. The summed E-state index contributed by atoms with van der Waals surface area (Å²) in [6.07, 6.45) is 0. The van der Waals surface area contributed by atoms with Gasteiger partial charge in [0.1, 0.15) is 11.7 Å². The van der Waals surface area contributed by atoms with E-state index >= 15 is 0 Å². The van der Waals surface area contributed by atoms with Crippen LogP contribution in [0.4, 0.5) is 20.8 Å². The molecule has 0 spiro atoms. The van der Waals surface area contributed by atoms with E-state index < -0.39 is 6.03 Å². The van der Waals surface area contributed by atoms with Crippen LogP contribution in [0.15, 0.2) is 59.6 Å². The maximum atomic E-state index is 13.1. The molecule has 2 amide bonds. The van der Waals surface area contributed by atoms with Crippen molar-refractivity contribution in [2.75, 3.05) is 10.2 Å². The van der Waals surface area contributed by atoms with Gasteiger partial charge in [-0.3, -0.25) is 4.90 Å². The highest BCUT2D eigenvalue weighted by Crippen LogP contribution is 2.27. The number of carbonyl (C=O) groups excluding carboxylic acids is 1. The predicted octanol–water partition coefficient (Wildman–Crippen LogP) is 4.23. The summed E-state index contributed by atoms with van der Waals surface area (Å²) < 4.78 is 13.1. The summed E-state index contributed by atoms with van der Waals surface area (Å²) in [6.45, 7) is 4.33. The largest absolute Gasteiger partial charge is 0.347 e. The summed E-state index contributed by atoms with van der Waals surface area (Å²) in [6, 6.07) is 14.6. The Bertz CT molecular complexity index is 1060. The van der Waals surface area contributed by atoms with Gasteiger partial charge < -0.3 is 5.32 Å². The Labute approximate surface area is 161 Å². The lowest BCUT2D eigenvalue weighted by Crippen LogP contribution is -2.28. The number of amidine groups is 1. The summed E-state index contributed by atoms with van der Waals surface area (Å²) in [5.41, 5.74) is 4.05. The number of aromatic nitrogens is 2. The topological polar surface area (TPSA) is 70.5 Å². The number of halogens is 1. The number of nitrogens with one attached hydrogen (secondary N) is 1. The molecule has 140 valence electrons. The molecule has 0 unspecified atom stereocenters. The van der Waals surface area contributed by atoms with Gasteiger partial charge in [-0.05, 0) is 49.7 Å². The van der Waals surface area contributed by atoms with E-state index in [1.807, 2.05) is 49.1 Å². The fourth-order valence-electron chi connectivity index (χ4n) is 3.16. The monoisotopic (exact) mass is 375 g/mol. The van der Waals surface area contributed by atoms with Gasteiger partial charge in [-0.15, -0.1) is 0 Å². The number of amides is 2. The Morgan fingerprint density at radius 2 is 1.75 bits per heavy atom. The number of fused-ring (bicyclic) bond motifs is 1. The van der Waals surface area contributed by atoms with Gasteiger partial charge in [-0.25, -0.2) is 19.2 Å². The van der Waals surface area contributed by atoms with Gasteiger partial charge in [0.2, 0.25) is 5.95 Å². The number of urea groups is 1. The Hall–Kier alpha value is -3.61. The van der Waals surface area contributed by atoms with Crippen LogP contribution in [0.25, 0.3) is 0 Å². The molecular formula is C21H18FN5O. The molecule has 2 aromatic carbocycles. The van der Waals surface area contributed by atoms with E-state index in [1.165, 1.54) is 24.3 Å². The lowest BCUT2D eigenvalue weighted by molar-refractivity contribution is 0.259. The summed E-state index contributed by atoms with van der Waals surface area (Å²) in [5.74, 6) is 0.620. The molecule has 4 rings (SSSR count). The van der Waals surface area contributed by atoms with Crippen LogP contribution in [-0.2, 0) is 6.54 Å². The number of carbonyl (C=O) groups is 1. The normalized spacial score (nSPS) is 14.2. The molecule has 0 radical (unpaired) electrons. The van der Waals surface area contributed by atoms with Crippen LogP contribution < -0.4 is 10.2 Å². The van der Waals surface area contributed by atoms with Crippen LogP contribution in [0.3, 0.4) is 0 Å². The molecule has 0 fully saturated rings. The Balaban J connectivity index is 1.70. The van der Waals surface area contributed by atoms with E-state index in [-0.39, 0.29) is 5.82 Å². The van der Waals surface area contributed by atoms with E-state index in [0.717, 1.165) is 22.5 Å². The summed E-state index contributed by atoms with van der Waals surface area (Å²) in [4.78, 5) is 27.6. The number of aryl methyl sites for hydroxylation is 2. The van der Waals surface area contributed by atoms with Crippen LogP contribution in [0, 0.1) is 19.7 Å². The van der Waals surface area contributed by atoms with Crippen LogP contribution in [0.1, 0.15) is 22.5 Å². The fraction of sp³-hybridized carbons (Fsp3) is 0.143. The fourth-order valence-corrected chi connectivity index (χ4v) is 3.16. The second-order valence-electron chi connectivity index (χ2n) is 6.57. The SMILES string of the molecule is Cc1cc(C)nc(N2Cc3ccccc3C2=NC(=O)Nc2ccc(F)cc2)n1. The van der Waals surface area contributed by atoms with E-state index in [0.29, 0.717) is 24.0 Å². The highest BCUT2D eigenvalue weighted by molar-refractivity contribution is 6.17. The predicted molar refractivity (Wildman–Crippen MR) is 106 cm³/mol. The third-order valence-electron chi connectivity index (χ3n) is 4.36. The van der Waals surface area contributed by atoms with Crippen molar-refractivity contribution in [3.63, 3.8) is 0 Å². The molecule has 1 N–H and O–H groups in total. The molecule has 0 saturated carbocycles. The van der Waals surface area contributed by atoms with Crippen LogP contribution in [0.2, 0.25) is 0 Å². The first-order chi connectivity index (χ1) is 13.5. The van der Waals surface area contributed by atoms with Crippen molar-refractivity contribution < 1.29 is 9.18 Å². The van der Waals surface area contributed by atoms with Gasteiger partial charge >= 0.3 is 6.03 Å². The number of aliphatic imine (C=N–C) groups is 1. The molecule has 6 nitrogen and oxygen atoms in total. The third kappa shape index (κ3) is 3.59. The average Bonchev–Trinajstić information content (AvgIpc) is 3.01. The van der Waals surface area contributed by atoms with Crippen molar-refractivity contribution in [3.8, 4) is 0 Å². The minimum atomic E-state index is -0.548. The van der Waals surface area contributed by atoms with Gasteiger partial charge in [0.25, 0.3) is 0 Å². The highest BCUT2D eigenvalue weighted by Gasteiger charge is 2.29. The number of nitrogens with zero attached hydrogens (tertiary/aromatic N) is 4. The summed E-state index contributed by atoms with van der Waals surface area (Å²) >= 11 is 0. The molecule has 1 aliphatic heterocycles. The minimum Gasteiger partial charge on any atom is -0.306 e. The maximum absolute atomic E-state index is 13.1. The van der Waals surface area contributed by atoms with Crippen molar-refractivity contribution >= 4 is 23.5 Å². The number of anilines is 2. The van der Waals surface area contributed by atoms with Gasteiger partial charge in [-0.1, -0.05) is 24.3 Å². The molecule has 28 heavy (non-hydrogen) atoms. The van der Waals surface area contributed by atoms with Gasteiger partial charge in [0, 0.05) is 22.6 Å². The molecule has 2 heterocycles. The standard InChI is InChI=1S/C21H18FN5O/c1-13-11-14(2)24-20(23-13)27-12-15-5-3-4-6-18(15)19(27)26-21(28)25-17-9-7-16(22)8-10-17/h3-11H,12H2,1-2H3,(H,25,28). The van der Waals surface area contributed by atoms with Crippen LogP contribution in [-0.4, -0.2) is 21.8 Å². The van der Waals surface area contributed by atoms with Crippen molar-refractivity contribution in [3.05, 3.63) is 82.9 Å². The quantitative estimate of drug-likeness (QED) is 0.728. The second-order valence-corrected chi connectivity index (χ2v) is 6.57. The Morgan fingerprint density at radius 1 is 1.07 bits per heavy atom. The van der Waals surface area contributed by atoms with E-state index in [9.17, 15) is 9.18 Å². The number of benzene rings is 2. The number of hydrogen-bond donors (Lipinski definition) is 1. The first-order valence-corrected chi connectivity index (χ1v) is 8.83. The maximum Gasteiger partial charge on any atom is 0.347 e. The van der Waals surface area contributed by atoms with E-state index in [2.05, 4.69) is 20.3 Å². The molecule has 0 saturated heterocycles. The molecular weight excluding hydrogens is 357 g/mol. The van der Waals surface area contributed by atoms with Crippen LogP contribution in [0.5, 0.6) is 0 Å². The first kappa shape index (κ1) is 17.8. The van der Waals surface area contributed by atoms with Crippen molar-refractivity contribution in [2.45, 2.75) is 20.4 Å². The van der Waals surface area contributed by atoms with Crippen LogP contribution >= 0.6 is 0 Å². The molecule has 3 aromatic rings. The zero-order valence-electron chi connectivity index (χ0n) is 15.5. The second kappa shape index (κ2) is 7.19. The van der Waals surface area contributed by atoms with Gasteiger partial charge in [-0.2, -0.15) is 4.99 Å². The van der Waals surface area contributed by atoms with Gasteiger partial charge in [0.15, 0.2) is 0 Å². The molecule has 7 heteroatoms. The lowest BCUT2D eigenvalue weighted by Gasteiger charge is -2.17. The van der Waals surface area contributed by atoms with Crippen molar-refractivity contribution in [2.24, 2.45) is 4.99 Å². The van der Waals surface area contributed by atoms with Crippen molar-refractivity contribution in [1.82, 2.24) is 9.97 Å². The lowest BCUT2D eigenvalue weighted by atomic mass is 10.1. The van der Waals surface area contributed by atoms with Gasteiger partial charge in [0.05, 0.1) is 6.54 Å². The Morgan fingerprint density at radius 3 is 2.46 bits per heavy atom. The summed E-state index contributed by atoms with van der Waals surface area (Å²) in [5, 5.41) is 2.66. The minimum absolute atomic E-state index is 0.368. The average molecular weight is 375 g/mol. The Kier molecular flexibility index (Phi) is 4.57. The number of rotatable bonds is 2. The number of hydrogen-bond acceptors (Lipinski definition) is 3. The highest BCUT2D eigenvalue weighted by atomic mass is 19.1. The zero-order chi connectivity index (χ0) is 19.7. The molecule has 1 aliphatic rings. The smallest absolute Gasteiger partial charge is 0.306 e. The molecule has 0 atom stereocenters. The first-order valence-electron chi connectivity index (χ1n) is 8.83. The molecule has 0 bridgehead atoms.